The molecule has 3 aromatic carbocycles. The molecule has 0 fully saturated rings. The quantitative estimate of drug-likeness (QED) is 0.166. The number of hydrogen-bond acceptors (Lipinski definition) is 10. The maximum atomic E-state index is 15.3. The molecule has 2 heterocycles. The van der Waals surface area contributed by atoms with Crippen LogP contribution < -0.4 is 15.6 Å². The Kier molecular flexibility index (Phi) is 10.6. The average molecular weight is 672 g/mol. The molecule has 5 rings (SSSR count). The first-order valence-corrected chi connectivity index (χ1v) is 16.2. The summed E-state index contributed by atoms with van der Waals surface area (Å²) < 4.78 is 35.3. The van der Waals surface area contributed by atoms with Crippen LogP contribution in [0.25, 0.3) is 11.3 Å². The molecule has 10 nitrogen and oxygen atoms in total. The van der Waals surface area contributed by atoms with Gasteiger partial charge in [-0.2, -0.15) is 5.26 Å². The van der Waals surface area contributed by atoms with Crippen molar-refractivity contribution >= 4 is 35.3 Å². The summed E-state index contributed by atoms with van der Waals surface area (Å²) in [6, 6.07) is 19.5. The molecule has 0 spiro atoms. The van der Waals surface area contributed by atoms with Crippen LogP contribution in [0.3, 0.4) is 0 Å². The molecule has 4 aromatic rings. The van der Waals surface area contributed by atoms with Crippen LogP contribution in [0.4, 0.5) is 19.3 Å². The number of amidine groups is 1. The van der Waals surface area contributed by atoms with Crippen molar-refractivity contribution in [1.82, 2.24) is 20.3 Å². The van der Waals surface area contributed by atoms with Crippen LogP contribution >= 0.6 is 11.3 Å². The van der Waals surface area contributed by atoms with Crippen LogP contribution in [-0.2, 0) is 16.9 Å². The van der Waals surface area contributed by atoms with Gasteiger partial charge in [-0.15, -0.1) is 16.3 Å². The summed E-state index contributed by atoms with van der Waals surface area (Å²) in [5.41, 5.74) is 1.08. The van der Waals surface area contributed by atoms with E-state index in [-0.39, 0.29) is 24.0 Å². The molecule has 0 aliphatic carbocycles. The minimum atomic E-state index is -2.02. The van der Waals surface area contributed by atoms with Crippen molar-refractivity contribution in [3.8, 4) is 17.3 Å². The highest BCUT2D eigenvalue weighted by Crippen LogP contribution is 2.41. The molecule has 1 aromatic heterocycles. The second-order valence-electron chi connectivity index (χ2n) is 11.7. The molecule has 0 saturated carbocycles. The molecular formula is C35H35F2N7O3S+. The van der Waals surface area contributed by atoms with Crippen LogP contribution in [0, 0.1) is 23.0 Å². The van der Waals surface area contributed by atoms with Gasteiger partial charge in [-0.05, 0) is 48.9 Å². The van der Waals surface area contributed by atoms with E-state index in [0.717, 1.165) is 29.3 Å². The van der Waals surface area contributed by atoms with E-state index >= 15 is 4.39 Å². The smallest absolute Gasteiger partial charge is 0.412 e. The van der Waals surface area contributed by atoms with E-state index < -0.39 is 35.4 Å². The number of thiazole rings is 1. The number of ether oxygens (including phenoxy) is 1. The van der Waals surface area contributed by atoms with Gasteiger partial charge in [0.2, 0.25) is 0 Å². The largest absolute Gasteiger partial charge is 0.435 e. The highest BCUT2D eigenvalue weighted by molar-refractivity contribution is 7.10. The number of carbonyl (C=O) groups excluding carboxylic acids is 1. The van der Waals surface area contributed by atoms with Gasteiger partial charge in [0.05, 0.1) is 22.3 Å². The number of halogens is 2. The number of aliphatic hydroxyl groups is 1. The predicted octanol–water partition coefficient (Wildman–Crippen LogP) is 6.08. The Morgan fingerprint density at radius 3 is 2.60 bits per heavy atom. The Balaban J connectivity index is 1.33. The van der Waals surface area contributed by atoms with E-state index in [2.05, 4.69) is 26.8 Å². The Bertz CT molecular complexity index is 1870. The summed E-state index contributed by atoms with van der Waals surface area (Å²) in [5, 5.41) is 35.4. The number of nitrogens with zero attached hydrogens (tertiary/aromatic N) is 5. The Hall–Kier alpha value is -5.03. The van der Waals surface area contributed by atoms with Crippen LogP contribution in [-0.4, -0.2) is 52.1 Å². The number of anilines is 1. The SMILES string of the molecule is CC(C)NCc1ccccc1NC(=O)OC(C)C1=NN(C[C@](O)(c2cc(F)ccc2F)[C@@H](C)c2nc(-c3ccc(C#N)cc3)cs2)C=[N+]1. The fraction of sp³-hybridized carbons (Fsp3) is 0.286. The molecule has 0 bridgehead atoms. The molecular weight excluding hydrogens is 636 g/mol. The minimum Gasteiger partial charge on any atom is -0.435 e. The first-order valence-electron chi connectivity index (χ1n) is 15.3. The molecule has 48 heavy (non-hydrogen) atoms. The molecule has 1 aliphatic rings. The van der Waals surface area contributed by atoms with E-state index in [1.54, 1.807) is 49.6 Å². The van der Waals surface area contributed by atoms with Gasteiger partial charge in [0.25, 0.3) is 6.34 Å². The van der Waals surface area contributed by atoms with Crippen LogP contribution in [0.2, 0.25) is 0 Å². The van der Waals surface area contributed by atoms with Gasteiger partial charge in [-0.1, -0.05) is 56.1 Å². The zero-order valence-corrected chi connectivity index (χ0v) is 27.6. The van der Waals surface area contributed by atoms with Gasteiger partial charge in [0.1, 0.15) is 23.8 Å². The number of para-hydroxylation sites is 1. The van der Waals surface area contributed by atoms with Gasteiger partial charge in [0, 0.05) is 45.8 Å². The first-order chi connectivity index (χ1) is 23.0. The van der Waals surface area contributed by atoms with Crippen molar-refractivity contribution in [3.63, 3.8) is 0 Å². The summed E-state index contributed by atoms with van der Waals surface area (Å²) in [7, 11) is 0. The van der Waals surface area contributed by atoms with Gasteiger partial charge in [0.15, 0.2) is 6.10 Å². The normalized spacial score (nSPS) is 15.1. The molecule has 0 saturated heterocycles. The molecule has 1 unspecified atom stereocenters. The van der Waals surface area contributed by atoms with Crippen molar-refractivity contribution < 1.29 is 23.4 Å². The number of aliphatic imine (C=N–C) groups is 1. The predicted molar refractivity (Wildman–Crippen MR) is 181 cm³/mol. The molecule has 1 amide bonds. The summed E-state index contributed by atoms with van der Waals surface area (Å²) in [5.74, 6) is -2.20. The Morgan fingerprint density at radius 1 is 1.12 bits per heavy atom. The fourth-order valence-electron chi connectivity index (χ4n) is 5.11. The standard InChI is InChI=1S/C35H35F2N7O3S/c1-21(2)39-17-26-7-5-6-8-30(26)42-34(45)47-23(4)32-40-20-44(43-32)19-35(46,28-15-27(36)13-14-29(28)37)22(3)33-41-31(18-48-33)25-11-9-24(16-38)10-12-25/h5-15,18,20-23,39,46H,17,19H2,1-4H3,(H,42,45)/q+1/t22-,23?,35+/m0/s1. The van der Waals surface area contributed by atoms with Crippen LogP contribution in [0.15, 0.2) is 77.2 Å². The lowest BCUT2D eigenvalue weighted by atomic mass is 9.81. The molecule has 247 valence electrons. The summed E-state index contributed by atoms with van der Waals surface area (Å²) in [6.45, 7) is 7.58. The summed E-state index contributed by atoms with van der Waals surface area (Å²) in [4.78, 5) is 21.8. The maximum Gasteiger partial charge on any atom is 0.412 e. The van der Waals surface area contributed by atoms with Crippen molar-refractivity contribution in [2.24, 2.45) is 5.10 Å². The Labute approximate surface area is 281 Å². The third kappa shape index (κ3) is 7.91. The topological polar surface area (TPSA) is 137 Å². The maximum absolute atomic E-state index is 15.3. The fourth-order valence-corrected chi connectivity index (χ4v) is 6.08. The van der Waals surface area contributed by atoms with Crippen molar-refractivity contribution in [2.45, 2.75) is 57.9 Å². The third-order valence-corrected chi connectivity index (χ3v) is 8.90. The average Bonchev–Trinajstić information content (AvgIpc) is 3.75. The Morgan fingerprint density at radius 2 is 1.88 bits per heavy atom. The second-order valence-corrected chi connectivity index (χ2v) is 12.6. The second kappa shape index (κ2) is 14.8. The van der Waals surface area contributed by atoms with Gasteiger partial charge >= 0.3 is 11.9 Å². The number of benzene rings is 3. The molecule has 3 atom stereocenters. The number of nitrogens with one attached hydrogen (secondary N) is 2. The lowest BCUT2D eigenvalue weighted by molar-refractivity contribution is -0.00827. The number of carbonyl (C=O) groups is 1. The summed E-state index contributed by atoms with van der Waals surface area (Å²) in [6.07, 6.45) is -0.249. The van der Waals surface area contributed by atoms with E-state index in [9.17, 15) is 14.3 Å². The highest BCUT2D eigenvalue weighted by atomic mass is 32.1. The van der Waals surface area contributed by atoms with Gasteiger partial charge in [-0.25, -0.2) is 18.6 Å². The molecule has 1 aliphatic heterocycles. The minimum absolute atomic E-state index is 0.145. The molecule has 1 radical (unpaired) electrons. The van der Waals surface area contributed by atoms with Crippen molar-refractivity contribution in [3.05, 3.63) is 105 Å². The number of amides is 1. The van der Waals surface area contributed by atoms with Crippen molar-refractivity contribution in [2.75, 3.05) is 11.9 Å². The van der Waals surface area contributed by atoms with Gasteiger partial charge < -0.3 is 15.2 Å². The molecule has 3 N–H and O–H groups in total. The van der Waals surface area contributed by atoms with Crippen LogP contribution in [0.1, 0.15) is 55.3 Å². The lowest BCUT2D eigenvalue weighted by Crippen LogP contribution is -2.43. The number of hydrazone groups is 1. The number of rotatable bonds is 12. The van der Waals surface area contributed by atoms with E-state index in [4.69, 9.17) is 15.0 Å². The third-order valence-electron chi connectivity index (χ3n) is 7.87. The first kappa shape index (κ1) is 34.3. The highest BCUT2D eigenvalue weighted by Gasteiger charge is 2.46. The number of hydrogen-bond donors (Lipinski definition) is 3. The van der Waals surface area contributed by atoms with Gasteiger partial charge in [-0.3, -0.25) is 5.32 Å². The zero-order valence-electron chi connectivity index (χ0n) is 26.8. The van der Waals surface area contributed by atoms with Crippen molar-refractivity contribution in [1.29, 1.82) is 5.26 Å². The molecule has 13 heteroatoms. The zero-order chi connectivity index (χ0) is 34.4. The number of aromatic nitrogens is 1. The summed E-state index contributed by atoms with van der Waals surface area (Å²) >= 11 is 1.26. The van der Waals surface area contributed by atoms with Crippen LogP contribution in [0.5, 0.6) is 0 Å². The number of β-amino-alcohol motifs (C(OH)–C–C–N with tert-alkyl or cyclic N) is 1. The number of nitriles is 1. The van der Waals surface area contributed by atoms with E-state index in [0.29, 0.717) is 28.5 Å². The van der Waals surface area contributed by atoms with E-state index in [1.165, 1.54) is 22.7 Å². The monoisotopic (exact) mass is 671 g/mol. The lowest BCUT2D eigenvalue weighted by Gasteiger charge is -2.33. The van der Waals surface area contributed by atoms with E-state index in [1.807, 2.05) is 32.0 Å².